The third-order valence-corrected chi connectivity index (χ3v) is 9.41. The second kappa shape index (κ2) is 8.82. The van der Waals surface area contributed by atoms with Gasteiger partial charge in [0.1, 0.15) is 0 Å². The number of hydrogen-bond acceptors (Lipinski definition) is 0. The van der Waals surface area contributed by atoms with Gasteiger partial charge in [-0.2, -0.15) is 0 Å². The summed E-state index contributed by atoms with van der Waals surface area (Å²) in [4.78, 5) is 0. The van der Waals surface area contributed by atoms with Crippen LogP contribution in [0.3, 0.4) is 0 Å². The molecule has 0 aliphatic rings. The summed E-state index contributed by atoms with van der Waals surface area (Å²) >= 11 is 0. The molecule has 0 atom stereocenters. The van der Waals surface area contributed by atoms with E-state index in [0.717, 1.165) is 11.0 Å². The molecule has 0 radical (unpaired) electrons. The highest BCUT2D eigenvalue weighted by molar-refractivity contribution is 6.28. The van der Waals surface area contributed by atoms with E-state index in [1.54, 1.807) is 0 Å². The fourth-order valence-corrected chi connectivity index (χ4v) is 7.48. The normalized spacial score (nSPS) is 12.1. The van der Waals surface area contributed by atoms with Crippen molar-refractivity contribution in [3.63, 3.8) is 0 Å². The first kappa shape index (κ1) is 23.7. The van der Waals surface area contributed by atoms with Gasteiger partial charge in [-0.25, -0.2) is 0 Å². The second-order valence-corrected chi connectivity index (χ2v) is 11.8. The fourth-order valence-electron chi connectivity index (χ4n) is 7.48. The van der Waals surface area contributed by atoms with Crippen molar-refractivity contribution in [1.82, 2.24) is 8.80 Å². The van der Waals surface area contributed by atoms with Gasteiger partial charge in [-0.15, -0.1) is 0 Å². The Balaban J connectivity index is 1.57. The number of benzene rings is 7. The van der Waals surface area contributed by atoms with Crippen LogP contribution in [0.2, 0.25) is 0 Å². The zero-order chi connectivity index (χ0) is 28.8. The van der Waals surface area contributed by atoms with Gasteiger partial charge in [0.15, 0.2) is 0 Å². The van der Waals surface area contributed by atoms with Crippen LogP contribution in [-0.2, 0) is 0 Å². The van der Waals surface area contributed by atoms with E-state index in [4.69, 9.17) is 0 Å². The first-order valence-electron chi connectivity index (χ1n) is 15.2. The molecule has 0 unspecified atom stereocenters. The molecule has 0 spiro atoms. The predicted octanol–water partition coefficient (Wildman–Crippen LogP) is 11.4. The van der Waals surface area contributed by atoms with Crippen molar-refractivity contribution in [2.45, 2.75) is 0 Å². The third kappa shape index (κ3) is 3.25. The fraction of sp³-hybridized carbons (Fsp3) is 0. The topological polar surface area (TPSA) is 8.82 Å². The van der Waals surface area contributed by atoms with E-state index >= 15 is 0 Å². The van der Waals surface area contributed by atoms with E-state index in [1.807, 2.05) is 0 Å². The smallest absolute Gasteiger partial charge is 0.0548 e. The third-order valence-electron chi connectivity index (χ3n) is 9.41. The Morgan fingerprint density at radius 2 is 0.636 bits per heavy atom. The molecule has 2 nitrogen and oxygen atoms in total. The van der Waals surface area contributed by atoms with Gasteiger partial charge in [0.2, 0.25) is 0 Å². The Morgan fingerprint density at radius 3 is 1.07 bits per heavy atom. The van der Waals surface area contributed by atoms with Crippen LogP contribution < -0.4 is 0 Å². The maximum atomic E-state index is 2.44. The van der Waals surface area contributed by atoms with Gasteiger partial charge in [0.05, 0.1) is 22.1 Å². The monoisotopic (exact) mass is 558 g/mol. The van der Waals surface area contributed by atoms with Crippen LogP contribution in [0.1, 0.15) is 0 Å². The van der Waals surface area contributed by atoms with Crippen LogP contribution in [0, 0.1) is 0 Å². The van der Waals surface area contributed by atoms with Crippen LogP contribution in [0.25, 0.3) is 87.0 Å². The largest absolute Gasteiger partial charge is 0.309 e. The Labute approximate surface area is 252 Å². The summed E-state index contributed by atoms with van der Waals surface area (Å²) in [6.07, 6.45) is 0. The van der Waals surface area contributed by atoms with Crippen molar-refractivity contribution in [2.24, 2.45) is 0 Å². The molecule has 4 heterocycles. The lowest BCUT2D eigenvalue weighted by atomic mass is 10.1. The van der Waals surface area contributed by atoms with Crippen molar-refractivity contribution in [2.75, 3.05) is 0 Å². The number of aromatic nitrogens is 2. The Hall–Kier alpha value is -5.86. The SMILES string of the molecule is c1cc2cc(c1)c1cccc(c1)n1c3ccccc3c3c4c5ccccc5n(c5cccc(c5)c5cccc2c5)c4ccc31. The lowest BCUT2D eigenvalue weighted by molar-refractivity contribution is 1.33. The summed E-state index contributed by atoms with van der Waals surface area (Å²) in [6.45, 7) is 0. The van der Waals surface area contributed by atoms with E-state index in [1.165, 1.54) is 75.9 Å². The molecule has 7 aromatic carbocycles. The van der Waals surface area contributed by atoms with E-state index < -0.39 is 0 Å². The number of hydrogen-bond donors (Lipinski definition) is 0. The molecule has 14 bridgehead atoms. The Morgan fingerprint density at radius 1 is 0.273 bits per heavy atom. The number of para-hydroxylation sites is 2. The van der Waals surface area contributed by atoms with Gasteiger partial charge in [-0.05, 0) is 93.0 Å². The van der Waals surface area contributed by atoms with Crippen molar-refractivity contribution in [3.8, 4) is 0 Å². The quantitative estimate of drug-likeness (QED) is 0.175. The standard InChI is InChI=1S/C42H26N2/c1-3-19-37-35(17-1)41-39-21-22-40-42(41)36-18-2-4-20-38(36)44(40)34-16-8-14-32(26-34)30-12-6-10-28(24-30)27-9-5-11-29(23-27)31-13-7-15-33(25-31)43(37)39/h1-26H. The molecule has 204 valence electrons. The molecule has 4 aromatic heterocycles. The summed E-state index contributed by atoms with van der Waals surface area (Å²) < 4.78 is 4.88. The van der Waals surface area contributed by atoms with E-state index in [-0.39, 0.29) is 0 Å². The maximum Gasteiger partial charge on any atom is 0.0548 e. The Kier molecular flexibility index (Phi) is 4.75. The zero-order valence-corrected chi connectivity index (χ0v) is 23.9. The molecule has 2 heteroatoms. The molecule has 0 aliphatic heterocycles. The van der Waals surface area contributed by atoms with Gasteiger partial charge in [0, 0.05) is 32.6 Å². The summed E-state index contributed by atoms with van der Waals surface area (Å²) in [5.74, 6) is 0. The lowest BCUT2D eigenvalue weighted by Crippen LogP contribution is -1.86. The molecule has 11 rings (SSSR count). The second-order valence-electron chi connectivity index (χ2n) is 11.8. The van der Waals surface area contributed by atoms with Crippen LogP contribution in [0.4, 0.5) is 0 Å². The van der Waals surface area contributed by atoms with Crippen molar-refractivity contribution in [3.05, 3.63) is 158 Å². The molecule has 0 fully saturated rings. The minimum atomic E-state index is 1.16. The molecule has 0 aliphatic carbocycles. The molecule has 11 aromatic rings. The molecule has 0 saturated carbocycles. The highest BCUT2D eigenvalue weighted by Crippen LogP contribution is 2.40. The minimum Gasteiger partial charge on any atom is -0.309 e. The van der Waals surface area contributed by atoms with Gasteiger partial charge in [0.25, 0.3) is 0 Å². The molecular weight excluding hydrogens is 532 g/mol. The van der Waals surface area contributed by atoms with E-state index in [2.05, 4.69) is 167 Å². The average Bonchev–Trinajstić information content (AvgIpc) is 3.61. The van der Waals surface area contributed by atoms with Crippen LogP contribution in [0.5, 0.6) is 0 Å². The van der Waals surface area contributed by atoms with Gasteiger partial charge >= 0.3 is 0 Å². The molecule has 0 saturated heterocycles. The predicted molar refractivity (Wildman–Crippen MR) is 189 cm³/mol. The summed E-state index contributed by atoms with van der Waals surface area (Å²) in [6, 6.07) is 58.2. The van der Waals surface area contributed by atoms with E-state index in [9.17, 15) is 0 Å². The first-order chi connectivity index (χ1) is 21.8. The van der Waals surface area contributed by atoms with Crippen LogP contribution in [0.15, 0.2) is 158 Å². The van der Waals surface area contributed by atoms with Gasteiger partial charge in [-0.1, -0.05) is 97.1 Å². The van der Waals surface area contributed by atoms with Crippen molar-refractivity contribution in [1.29, 1.82) is 0 Å². The Bertz CT molecular complexity index is 2690. The highest BCUT2D eigenvalue weighted by atomic mass is 14.9. The molecule has 0 amide bonds. The first-order valence-corrected chi connectivity index (χ1v) is 15.2. The minimum absolute atomic E-state index is 1.16. The summed E-state index contributed by atoms with van der Waals surface area (Å²) in [7, 11) is 0. The highest BCUT2D eigenvalue weighted by Gasteiger charge is 2.17. The lowest BCUT2D eigenvalue weighted by Gasteiger charge is -2.04. The molecule has 44 heavy (non-hydrogen) atoms. The summed E-state index contributed by atoms with van der Waals surface area (Å²) in [5.41, 5.74) is 7.20. The maximum absolute atomic E-state index is 2.44. The van der Waals surface area contributed by atoms with Gasteiger partial charge in [-0.3, -0.25) is 0 Å². The summed E-state index contributed by atoms with van der Waals surface area (Å²) in [5, 5.41) is 12.4. The number of nitrogens with zero attached hydrogens (tertiary/aromatic N) is 2. The number of rotatable bonds is 0. The molecule has 0 N–H and O–H groups in total. The average molecular weight is 559 g/mol. The van der Waals surface area contributed by atoms with Crippen LogP contribution >= 0.6 is 0 Å². The van der Waals surface area contributed by atoms with Crippen molar-refractivity contribution < 1.29 is 0 Å². The number of fused-ring (bicyclic) bond motifs is 3. The van der Waals surface area contributed by atoms with E-state index in [0.29, 0.717) is 0 Å². The van der Waals surface area contributed by atoms with Crippen LogP contribution in [-0.4, -0.2) is 8.80 Å². The molecular formula is C42H26N2. The zero-order valence-electron chi connectivity index (χ0n) is 23.9. The van der Waals surface area contributed by atoms with Gasteiger partial charge < -0.3 is 8.80 Å². The van der Waals surface area contributed by atoms with Crippen molar-refractivity contribution >= 4 is 87.0 Å².